The number of allylic oxidation sites excluding steroid dienone is 4. The van der Waals surface area contributed by atoms with E-state index >= 15 is 0 Å². The minimum atomic E-state index is -4.82. The number of hydrogen-bond donors (Lipinski definition) is 3. The zero-order valence-electron chi connectivity index (χ0n) is 15.6. The predicted octanol–water partition coefficient (Wildman–Crippen LogP) is 4.09. The second-order valence-corrected chi connectivity index (χ2v) is 38.7. The van der Waals surface area contributed by atoms with E-state index in [0.717, 1.165) is 41.8 Å². The van der Waals surface area contributed by atoms with Crippen LogP contribution in [0.15, 0.2) is 21.5 Å². The Labute approximate surface area is 151 Å². The van der Waals surface area contributed by atoms with E-state index in [4.69, 9.17) is 0 Å². The molecule has 0 heterocycles. The molecule has 0 spiro atoms. The summed E-state index contributed by atoms with van der Waals surface area (Å²) in [6.07, 6.45) is 12.5. The first-order valence-electron chi connectivity index (χ1n) is 9.62. The number of nitrogens with one attached hydrogen (secondary N) is 3. The van der Waals surface area contributed by atoms with Gasteiger partial charge in [-0.05, 0) is 0 Å². The number of halogens is 2. The summed E-state index contributed by atoms with van der Waals surface area (Å²) in [5.41, 5.74) is 0. The Morgan fingerprint density at radius 3 is 1.67 bits per heavy atom. The fourth-order valence-corrected chi connectivity index (χ4v) is 32.5. The Morgan fingerprint density at radius 1 is 0.917 bits per heavy atom. The minimum absolute atomic E-state index is 0.679. The summed E-state index contributed by atoms with van der Waals surface area (Å²) in [6.45, 7) is 8.40. The zero-order valence-corrected chi connectivity index (χ0v) is 20.5. The average Bonchev–Trinajstić information content (AvgIpc) is 3.10. The van der Waals surface area contributed by atoms with Crippen LogP contribution in [0.3, 0.4) is 0 Å². The van der Waals surface area contributed by atoms with Crippen molar-refractivity contribution >= 4 is 11.5 Å². The molecule has 0 saturated heterocycles. The molecule has 0 saturated carbocycles. The molecule has 0 aromatic carbocycles. The second-order valence-electron chi connectivity index (χ2n) is 6.79. The fourth-order valence-electron chi connectivity index (χ4n) is 3.31. The van der Waals surface area contributed by atoms with Crippen LogP contribution in [0.1, 0.15) is 65.7 Å². The molecule has 0 fully saturated rings. The number of unbranched alkanes of at least 4 members (excludes halogenated alkanes) is 3. The first-order valence-corrected chi connectivity index (χ1v) is 25.0. The first kappa shape index (κ1) is 22.7. The molecule has 141 valence electrons. The summed E-state index contributed by atoms with van der Waals surface area (Å²) in [4.78, 5) is 0. The van der Waals surface area contributed by atoms with Crippen LogP contribution in [-0.4, -0.2) is 31.1 Å². The number of rotatable bonds is 14. The third kappa shape index (κ3) is 5.32. The summed E-state index contributed by atoms with van der Waals surface area (Å²) in [5.74, 6) is 0. The van der Waals surface area contributed by atoms with Gasteiger partial charge < -0.3 is 0 Å². The normalized spacial score (nSPS) is 16.4. The van der Waals surface area contributed by atoms with Gasteiger partial charge in [0.05, 0.1) is 0 Å². The Balaban J connectivity index is 3.20. The van der Waals surface area contributed by atoms with E-state index in [1.807, 2.05) is 18.2 Å². The maximum absolute atomic E-state index is 15.0. The van der Waals surface area contributed by atoms with Gasteiger partial charge in [-0.15, -0.1) is 0 Å². The van der Waals surface area contributed by atoms with Gasteiger partial charge in [-0.3, -0.25) is 0 Å². The van der Waals surface area contributed by atoms with Crippen molar-refractivity contribution in [1.29, 1.82) is 0 Å². The molecule has 1 aliphatic rings. The van der Waals surface area contributed by atoms with E-state index in [9.17, 15) is 7.00 Å². The van der Waals surface area contributed by atoms with Crippen molar-refractivity contribution in [2.24, 2.45) is 0 Å². The fraction of sp³-hybridized carbons (Fsp3) is 0.765. The molecule has 0 aliphatic heterocycles. The second kappa shape index (κ2) is 11.4. The monoisotopic (exact) mass is 484 g/mol. The van der Waals surface area contributed by atoms with Gasteiger partial charge in [0.25, 0.3) is 0 Å². The Hall–Kier alpha value is 0.646. The van der Waals surface area contributed by atoms with Crippen molar-refractivity contribution in [1.82, 2.24) is 9.78 Å². The number of hydrogen-bond acceptors (Lipinski definition) is 3. The van der Waals surface area contributed by atoms with Gasteiger partial charge in [-0.2, -0.15) is 0 Å². The Kier molecular flexibility index (Phi) is 10.8. The molecule has 0 aromatic heterocycles. The maximum atomic E-state index is 15.0. The molecule has 24 heavy (non-hydrogen) atoms. The van der Waals surface area contributed by atoms with Gasteiger partial charge in [-0.1, -0.05) is 0 Å². The summed E-state index contributed by atoms with van der Waals surface area (Å²) in [6, 6.07) is 0. The Morgan fingerprint density at radius 2 is 1.38 bits per heavy atom. The summed E-state index contributed by atoms with van der Waals surface area (Å²) >= 11 is -9.34. The van der Waals surface area contributed by atoms with E-state index in [2.05, 4.69) is 30.6 Å². The first-order chi connectivity index (χ1) is 11.6. The van der Waals surface area contributed by atoms with E-state index in [1.165, 1.54) is 0 Å². The summed E-state index contributed by atoms with van der Waals surface area (Å²) in [7, 11) is 0. The van der Waals surface area contributed by atoms with Crippen LogP contribution in [0, 0.1) is 0 Å². The van der Waals surface area contributed by atoms with Gasteiger partial charge in [0.15, 0.2) is 0 Å². The molecule has 0 unspecified atom stereocenters. The van der Waals surface area contributed by atoms with E-state index in [1.54, 1.807) is 0 Å². The summed E-state index contributed by atoms with van der Waals surface area (Å²) < 4.78 is 41.5. The van der Waals surface area contributed by atoms with Crippen molar-refractivity contribution < 1.29 is 24.1 Å². The molecule has 1 rings (SSSR count). The quantitative estimate of drug-likeness (QED) is 0.257. The molecule has 3 N–H and O–H groups in total. The molecule has 0 amide bonds. The van der Waals surface area contributed by atoms with Crippen molar-refractivity contribution in [2.45, 2.75) is 65.7 Å². The van der Waals surface area contributed by atoms with Crippen molar-refractivity contribution in [3.63, 3.8) is 0 Å². The standard InChI is InChI=1S/C5H5.3C4H10N.F2GeH.Zr/c1-2-4-5-3-1;3*1-2-3-4-5;1-3-2;/h1-3H,4H2;3*5H,2-4H2,1H3;3H;/q;3*-1;;+3. The van der Waals surface area contributed by atoms with E-state index in [0.29, 0.717) is 26.1 Å². The molecular weight excluding hydrogens is 448 g/mol. The SMILES string of the molecule is CCCC[NH][Zr]([NH]CCCC)([NH]CCCC)([C]1=CC=CC1)[GeH]([F])[F]. The van der Waals surface area contributed by atoms with Gasteiger partial charge in [0, 0.05) is 0 Å². The Bertz CT molecular complexity index is 401. The van der Waals surface area contributed by atoms with E-state index < -0.39 is 28.6 Å². The van der Waals surface area contributed by atoms with Crippen LogP contribution in [0.25, 0.3) is 0 Å². The van der Waals surface area contributed by atoms with Gasteiger partial charge >= 0.3 is 152 Å². The topological polar surface area (TPSA) is 36.1 Å². The average molecular weight is 484 g/mol. The zero-order chi connectivity index (χ0) is 17.9. The van der Waals surface area contributed by atoms with Crippen molar-refractivity contribution in [2.75, 3.05) is 19.6 Å². The molecular formula is C17H36F2GeN3Zr. The van der Waals surface area contributed by atoms with Gasteiger partial charge in [0.1, 0.15) is 0 Å². The third-order valence-electron chi connectivity index (χ3n) is 4.94. The molecule has 1 aliphatic carbocycles. The summed E-state index contributed by atoms with van der Waals surface area (Å²) in [5, 5.41) is 0. The molecule has 0 radical (unpaired) electrons. The molecule has 0 aromatic rings. The van der Waals surface area contributed by atoms with Gasteiger partial charge in [0.2, 0.25) is 0 Å². The molecule has 0 bridgehead atoms. The van der Waals surface area contributed by atoms with Crippen LogP contribution >= 0.6 is 0 Å². The van der Waals surface area contributed by atoms with Crippen LogP contribution in [0.4, 0.5) is 7.00 Å². The van der Waals surface area contributed by atoms with Crippen molar-refractivity contribution in [3.05, 3.63) is 21.5 Å². The van der Waals surface area contributed by atoms with Crippen molar-refractivity contribution in [3.8, 4) is 0 Å². The molecule has 3 nitrogen and oxygen atoms in total. The molecule has 0 atom stereocenters. The third-order valence-corrected chi connectivity index (χ3v) is 41.6. The van der Waals surface area contributed by atoms with Crippen LogP contribution in [0.5, 0.6) is 0 Å². The van der Waals surface area contributed by atoms with Gasteiger partial charge in [-0.25, -0.2) is 0 Å². The predicted molar refractivity (Wildman–Crippen MR) is 99.9 cm³/mol. The van der Waals surface area contributed by atoms with Crippen LogP contribution in [-0.2, 0) is 17.1 Å². The molecule has 7 heteroatoms. The van der Waals surface area contributed by atoms with E-state index in [-0.39, 0.29) is 0 Å². The van der Waals surface area contributed by atoms with Crippen LogP contribution in [0.2, 0.25) is 0 Å². The van der Waals surface area contributed by atoms with Crippen LogP contribution < -0.4 is 9.78 Å².